The van der Waals surface area contributed by atoms with Gasteiger partial charge in [-0.15, -0.1) is 0 Å². The van der Waals surface area contributed by atoms with E-state index in [1.807, 2.05) is 30.3 Å². The van der Waals surface area contributed by atoms with Gasteiger partial charge in [0.15, 0.2) is 0 Å². The molecule has 3 rings (SSSR count). The van der Waals surface area contributed by atoms with Crippen LogP contribution in [0, 0.1) is 0 Å². The molecule has 0 saturated carbocycles. The maximum atomic E-state index is 6.30. The zero-order chi connectivity index (χ0) is 14.1. The van der Waals surface area contributed by atoms with Gasteiger partial charge < -0.3 is 4.98 Å². The first-order valence-electron chi connectivity index (χ1n) is 5.91. The molecule has 5 heteroatoms. The van der Waals surface area contributed by atoms with Crippen molar-refractivity contribution in [3.05, 3.63) is 63.9 Å². The van der Waals surface area contributed by atoms with Crippen LogP contribution < -0.4 is 0 Å². The van der Waals surface area contributed by atoms with Gasteiger partial charge in [-0.1, -0.05) is 53.0 Å². The average Bonchev–Trinajstić information content (AvgIpc) is 2.87. The van der Waals surface area contributed by atoms with Gasteiger partial charge in [-0.25, -0.2) is 4.98 Å². The molecule has 1 aromatic heterocycles. The summed E-state index contributed by atoms with van der Waals surface area (Å²) in [7, 11) is 0. The third-order valence-corrected chi connectivity index (χ3v) is 3.88. The van der Waals surface area contributed by atoms with Gasteiger partial charge in [-0.3, -0.25) is 0 Å². The van der Waals surface area contributed by atoms with E-state index < -0.39 is 0 Å². The fraction of sp³-hybridized carbons (Fsp3) is 0. The normalized spacial score (nSPS) is 12.1. The maximum Gasteiger partial charge on any atom is 0.150 e. The molecule has 0 aliphatic rings. The molecule has 0 radical (unpaired) electrons. The Morgan fingerprint density at radius 3 is 2.60 bits per heavy atom. The van der Waals surface area contributed by atoms with E-state index in [0.717, 1.165) is 16.6 Å². The van der Waals surface area contributed by atoms with Crippen LogP contribution in [0.25, 0.3) is 22.1 Å². The number of fused-ring (bicyclic) bond motifs is 1. The molecular formula is C15H9Cl3N2. The van der Waals surface area contributed by atoms with Crippen molar-refractivity contribution in [2.45, 2.75) is 0 Å². The van der Waals surface area contributed by atoms with Crippen LogP contribution in [0.4, 0.5) is 0 Å². The Morgan fingerprint density at radius 2 is 1.85 bits per heavy atom. The van der Waals surface area contributed by atoms with Crippen LogP contribution >= 0.6 is 34.8 Å². The van der Waals surface area contributed by atoms with Gasteiger partial charge in [0.2, 0.25) is 0 Å². The van der Waals surface area contributed by atoms with Crippen LogP contribution in [0.1, 0.15) is 11.4 Å². The Bertz CT molecular complexity index is 773. The summed E-state index contributed by atoms with van der Waals surface area (Å²) in [5.41, 5.74) is 2.69. The van der Waals surface area contributed by atoms with E-state index >= 15 is 0 Å². The average molecular weight is 324 g/mol. The Balaban J connectivity index is 2.00. The second kappa shape index (κ2) is 5.49. The molecule has 0 aliphatic heterocycles. The molecule has 0 amide bonds. The summed E-state index contributed by atoms with van der Waals surface area (Å²) < 4.78 is 0. The highest BCUT2D eigenvalue weighted by molar-refractivity contribution is 6.51. The van der Waals surface area contributed by atoms with Crippen LogP contribution in [-0.2, 0) is 0 Å². The van der Waals surface area contributed by atoms with E-state index in [1.54, 1.807) is 18.2 Å². The number of imidazole rings is 1. The van der Waals surface area contributed by atoms with Crippen molar-refractivity contribution in [2.75, 3.05) is 0 Å². The van der Waals surface area contributed by atoms with Crippen LogP contribution in [0.5, 0.6) is 0 Å². The second-order valence-corrected chi connectivity index (χ2v) is 5.49. The number of para-hydroxylation sites is 2. The summed E-state index contributed by atoms with van der Waals surface area (Å²) in [6.45, 7) is 0. The Kier molecular flexibility index (Phi) is 3.70. The van der Waals surface area contributed by atoms with Crippen molar-refractivity contribution in [2.24, 2.45) is 0 Å². The molecule has 3 aromatic rings. The lowest BCUT2D eigenvalue weighted by molar-refractivity contribution is 1.29. The summed E-state index contributed by atoms with van der Waals surface area (Å²) in [6, 6.07) is 13.1. The van der Waals surface area contributed by atoms with Gasteiger partial charge in [0.25, 0.3) is 0 Å². The van der Waals surface area contributed by atoms with E-state index in [2.05, 4.69) is 9.97 Å². The highest BCUT2D eigenvalue weighted by Gasteiger charge is 2.06. The van der Waals surface area contributed by atoms with E-state index in [0.29, 0.717) is 20.9 Å². The molecule has 2 nitrogen and oxygen atoms in total. The SMILES string of the molecule is Cl/C(=C\c1ccc(Cl)c(Cl)c1)c1nc2ccccc2[nH]1. The largest absolute Gasteiger partial charge is 0.337 e. The van der Waals surface area contributed by atoms with Gasteiger partial charge in [0, 0.05) is 0 Å². The maximum absolute atomic E-state index is 6.30. The van der Waals surface area contributed by atoms with Gasteiger partial charge in [-0.05, 0) is 35.9 Å². The van der Waals surface area contributed by atoms with E-state index in [4.69, 9.17) is 34.8 Å². The third kappa shape index (κ3) is 2.68. The number of benzene rings is 2. The number of halogens is 3. The highest BCUT2D eigenvalue weighted by Crippen LogP contribution is 2.26. The summed E-state index contributed by atoms with van der Waals surface area (Å²) in [6.07, 6.45) is 1.79. The van der Waals surface area contributed by atoms with E-state index in [1.165, 1.54) is 0 Å². The summed E-state index contributed by atoms with van der Waals surface area (Å²) in [5, 5.41) is 1.53. The number of aromatic nitrogens is 2. The summed E-state index contributed by atoms with van der Waals surface area (Å²) in [4.78, 5) is 7.61. The minimum atomic E-state index is 0.495. The van der Waals surface area contributed by atoms with Crippen molar-refractivity contribution >= 4 is 56.9 Å². The van der Waals surface area contributed by atoms with Crippen LogP contribution in [-0.4, -0.2) is 9.97 Å². The minimum Gasteiger partial charge on any atom is -0.337 e. The number of hydrogen-bond acceptors (Lipinski definition) is 1. The topological polar surface area (TPSA) is 28.7 Å². The summed E-state index contributed by atoms with van der Waals surface area (Å²) >= 11 is 18.2. The summed E-state index contributed by atoms with van der Waals surface area (Å²) in [5.74, 6) is 0.624. The molecule has 0 fully saturated rings. The van der Waals surface area contributed by atoms with Gasteiger partial charge in [-0.2, -0.15) is 0 Å². The molecule has 0 atom stereocenters. The van der Waals surface area contributed by atoms with Crippen molar-refractivity contribution < 1.29 is 0 Å². The van der Waals surface area contributed by atoms with Crippen LogP contribution in [0.15, 0.2) is 42.5 Å². The zero-order valence-electron chi connectivity index (χ0n) is 10.2. The third-order valence-electron chi connectivity index (χ3n) is 2.85. The van der Waals surface area contributed by atoms with Crippen molar-refractivity contribution in [3.8, 4) is 0 Å². The van der Waals surface area contributed by atoms with Crippen molar-refractivity contribution in [1.29, 1.82) is 0 Å². The molecule has 100 valence electrons. The Labute approximate surface area is 131 Å². The molecular weight excluding hydrogens is 315 g/mol. The standard InChI is InChI=1S/C15H9Cl3N2/c16-10-6-5-9(7-11(10)17)8-12(18)15-19-13-3-1-2-4-14(13)20-15/h1-8H,(H,19,20)/b12-8-. The molecule has 1 heterocycles. The predicted molar refractivity (Wildman–Crippen MR) is 86.3 cm³/mol. The first-order chi connectivity index (χ1) is 9.63. The Morgan fingerprint density at radius 1 is 1.05 bits per heavy atom. The molecule has 0 spiro atoms. The molecule has 1 N–H and O–H groups in total. The number of H-pyrrole nitrogens is 1. The fourth-order valence-corrected chi connectivity index (χ4v) is 2.40. The number of nitrogens with zero attached hydrogens (tertiary/aromatic N) is 1. The van der Waals surface area contributed by atoms with Gasteiger partial charge >= 0.3 is 0 Å². The predicted octanol–water partition coefficient (Wildman–Crippen LogP) is 5.61. The molecule has 0 aliphatic carbocycles. The first kappa shape index (κ1) is 13.5. The molecule has 0 unspecified atom stereocenters. The fourth-order valence-electron chi connectivity index (χ4n) is 1.88. The molecule has 0 saturated heterocycles. The monoisotopic (exact) mass is 322 g/mol. The van der Waals surface area contributed by atoms with Crippen molar-refractivity contribution in [3.63, 3.8) is 0 Å². The minimum absolute atomic E-state index is 0.495. The lowest BCUT2D eigenvalue weighted by atomic mass is 10.2. The highest BCUT2D eigenvalue weighted by atomic mass is 35.5. The zero-order valence-corrected chi connectivity index (χ0v) is 12.5. The molecule has 20 heavy (non-hydrogen) atoms. The first-order valence-corrected chi connectivity index (χ1v) is 7.04. The van der Waals surface area contributed by atoms with Crippen LogP contribution in [0.2, 0.25) is 10.0 Å². The number of aromatic amines is 1. The number of nitrogens with one attached hydrogen (secondary N) is 1. The van der Waals surface area contributed by atoms with E-state index in [-0.39, 0.29) is 0 Å². The lowest BCUT2D eigenvalue weighted by Crippen LogP contribution is -1.81. The molecule has 2 aromatic carbocycles. The quantitative estimate of drug-likeness (QED) is 0.652. The number of rotatable bonds is 2. The van der Waals surface area contributed by atoms with Gasteiger partial charge in [0.05, 0.1) is 26.1 Å². The smallest absolute Gasteiger partial charge is 0.150 e. The second-order valence-electron chi connectivity index (χ2n) is 4.27. The molecule has 0 bridgehead atoms. The Hall–Kier alpha value is -1.48. The van der Waals surface area contributed by atoms with Crippen molar-refractivity contribution in [1.82, 2.24) is 9.97 Å². The number of hydrogen-bond donors (Lipinski definition) is 1. The lowest BCUT2D eigenvalue weighted by Gasteiger charge is -1.99. The van der Waals surface area contributed by atoms with Gasteiger partial charge in [0.1, 0.15) is 5.82 Å². The van der Waals surface area contributed by atoms with E-state index in [9.17, 15) is 0 Å². The van der Waals surface area contributed by atoms with Crippen LogP contribution in [0.3, 0.4) is 0 Å².